The topological polar surface area (TPSA) is 84.8 Å². The van der Waals surface area contributed by atoms with Crippen LogP contribution in [0.25, 0.3) is 0 Å². The lowest BCUT2D eigenvalue weighted by molar-refractivity contribution is -0.127. The minimum absolute atomic E-state index is 0.0536. The van der Waals surface area contributed by atoms with Crippen molar-refractivity contribution in [3.63, 3.8) is 0 Å². The second-order valence-electron chi connectivity index (χ2n) is 9.49. The van der Waals surface area contributed by atoms with E-state index in [-0.39, 0.29) is 17.7 Å². The smallest absolute Gasteiger partial charge is 0.224 e. The zero-order valence-corrected chi connectivity index (χ0v) is 20.5. The number of aromatic nitrogens is 3. The van der Waals surface area contributed by atoms with Crippen molar-refractivity contribution in [1.29, 1.82) is 0 Å². The molecule has 1 amide bonds. The van der Waals surface area contributed by atoms with Crippen molar-refractivity contribution < 1.29 is 14.3 Å². The van der Waals surface area contributed by atoms with Crippen LogP contribution >= 0.6 is 0 Å². The molecule has 0 aromatic carbocycles. The van der Waals surface area contributed by atoms with Crippen molar-refractivity contribution in [3.05, 3.63) is 42.2 Å². The summed E-state index contributed by atoms with van der Waals surface area (Å²) in [5.74, 6) is 2.14. The molecule has 0 unspecified atom stereocenters. The summed E-state index contributed by atoms with van der Waals surface area (Å²) in [5.41, 5.74) is 0.969. The molecule has 186 valence electrons. The van der Waals surface area contributed by atoms with Crippen LogP contribution in [-0.2, 0) is 23.1 Å². The Labute approximate surface area is 202 Å². The molecule has 0 aliphatic carbocycles. The lowest BCUT2D eigenvalue weighted by Crippen LogP contribution is -2.48. The summed E-state index contributed by atoms with van der Waals surface area (Å²) < 4.78 is 13.5. The van der Waals surface area contributed by atoms with E-state index in [9.17, 15) is 4.79 Å². The fourth-order valence-corrected chi connectivity index (χ4v) is 4.73. The number of morpholine rings is 1. The Bertz CT molecular complexity index is 896. The standard InChI is InChI=1S/C25H38N6O3/c1-20-4-5-23(15-28-20)34-19-21-14-22(17-31(16-21)18-24-26-7-9-29(24)2)25(32)27-6-3-8-30-10-12-33-13-11-30/h4-5,7,9,15,21-22H,3,6,8,10-14,16-19H2,1-2H3,(H,27,32)/t21-,22+/m0/s1. The van der Waals surface area contributed by atoms with Crippen LogP contribution in [0.4, 0.5) is 0 Å². The van der Waals surface area contributed by atoms with Crippen LogP contribution in [0.15, 0.2) is 30.7 Å². The lowest BCUT2D eigenvalue weighted by Gasteiger charge is -2.37. The van der Waals surface area contributed by atoms with Crippen LogP contribution in [-0.4, -0.2) is 89.3 Å². The van der Waals surface area contributed by atoms with Gasteiger partial charge in [0.05, 0.1) is 38.5 Å². The van der Waals surface area contributed by atoms with Gasteiger partial charge in [-0.25, -0.2) is 4.98 Å². The molecular weight excluding hydrogens is 432 g/mol. The van der Waals surface area contributed by atoms with E-state index in [0.29, 0.717) is 13.2 Å². The van der Waals surface area contributed by atoms with Crippen LogP contribution in [0.1, 0.15) is 24.4 Å². The number of piperidine rings is 1. The summed E-state index contributed by atoms with van der Waals surface area (Å²) in [5, 5.41) is 3.19. The normalized spacial score (nSPS) is 21.9. The highest BCUT2D eigenvalue weighted by atomic mass is 16.5. The minimum Gasteiger partial charge on any atom is -0.492 e. The molecule has 2 saturated heterocycles. The van der Waals surface area contributed by atoms with Gasteiger partial charge in [-0.1, -0.05) is 0 Å². The first-order valence-electron chi connectivity index (χ1n) is 12.4. The maximum Gasteiger partial charge on any atom is 0.224 e. The van der Waals surface area contributed by atoms with E-state index in [1.54, 1.807) is 6.20 Å². The first kappa shape index (κ1) is 24.6. The zero-order valence-electron chi connectivity index (χ0n) is 20.5. The summed E-state index contributed by atoms with van der Waals surface area (Å²) >= 11 is 0. The Kier molecular flexibility index (Phi) is 8.90. The van der Waals surface area contributed by atoms with E-state index in [2.05, 4.69) is 25.1 Å². The molecular formula is C25H38N6O3. The van der Waals surface area contributed by atoms with E-state index in [1.165, 1.54) is 0 Å². The van der Waals surface area contributed by atoms with Gasteiger partial charge in [-0.05, 0) is 38.4 Å². The summed E-state index contributed by atoms with van der Waals surface area (Å²) in [6.07, 6.45) is 7.34. The third-order valence-electron chi connectivity index (χ3n) is 6.69. The molecule has 2 atom stereocenters. The van der Waals surface area contributed by atoms with Crippen LogP contribution in [0.2, 0.25) is 0 Å². The number of nitrogens with zero attached hydrogens (tertiary/aromatic N) is 5. The number of hydrogen-bond donors (Lipinski definition) is 1. The van der Waals surface area contributed by atoms with Gasteiger partial charge in [-0.15, -0.1) is 0 Å². The SMILES string of the molecule is Cc1ccc(OC[C@H]2C[C@@H](C(=O)NCCCN3CCOCC3)CN(Cc3nccn3C)C2)cn1. The van der Waals surface area contributed by atoms with E-state index in [0.717, 1.165) is 82.6 Å². The summed E-state index contributed by atoms with van der Waals surface area (Å²) in [6, 6.07) is 3.91. The van der Waals surface area contributed by atoms with Crippen molar-refractivity contribution in [1.82, 2.24) is 29.7 Å². The molecule has 0 radical (unpaired) electrons. The first-order chi connectivity index (χ1) is 16.6. The van der Waals surface area contributed by atoms with Crippen molar-refractivity contribution in [2.24, 2.45) is 18.9 Å². The highest BCUT2D eigenvalue weighted by Gasteiger charge is 2.32. The van der Waals surface area contributed by atoms with Crippen molar-refractivity contribution in [2.75, 3.05) is 59.1 Å². The fraction of sp³-hybridized carbons (Fsp3) is 0.640. The van der Waals surface area contributed by atoms with Crippen molar-refractivity contribution in [2.45, 2.75) is 26.3 Å². The van der Waals surface area contributed by atoms with Gasteiger partial charge in [0.15, 0.2) is 0 Å². The quantitative estimate of drug-likeness (QED) is 0.527. The highest BCUT2D eigenvalue weighted by Crippen LogP contribution is 2.25. The van der Waals surface area contributed by atoms with Gasteiger partial charge in [0.25, 0.3) is 0 Å². The summed E-state index contributed by atoms with van der Waals surface area (Å²) in [4.78, 5) is 26.6. The van der Waals surface area contributed by atoms with Gasteiger partial charge in [-0.3, -0.25) is 19.6 Å². The van der Waals surface area contributed by atoms with Crippen LogP contribution < -0.4 is 10.1 Å². The summed E-state index contributed by atoms with van der Waals surface area (Å²) in [6.45, 7) is 10.2. The molecule has 0 saturated carbocycles. The number of imidazole rings is 1. The molecule has 2 aliphatic rings. The number of likely N-dealkylation sites (tertiary alicyclic amines) is 1. The van der Waals surface area contributed by atoms with Gasteiger partial charge >= 0.3 is 0 Å². The average molecular weight is 471 g/mol. The molecule has 4 rings (SSSR count). The van der Waals surface area contributed by atoms with Crippen molar-refractivity contribution in [3.8, 4) is 5.75 Å². The third kappa shape index (κ3) is 7.25. The Hall–Kier alpha value is -2.49. The number of ether oxygens (including phenoxy) is 2. The molecule has 34 heavy (non-hydrogen) atoms. The number of carbonyl (C=O) groups excluding carboxylic acids is 1. The molecule has 2 aromatic rings. The Morgan fingerprint density at radius 1 is 1.21 bits per heavy atom. The molecule has 0 bridgehead atoms. The molecule has 9 heteroatoms. The van der Waals surface area contributed by atoms with Gasteiger partial charge in [0, 0.05) is 63.8 Å². The molecule has 0 spiro atoms. The average Bonchev–Trinajstić information content (AvgIpc) is 3.26. The summed E-state index contributed by atoms with van der Waals surface area (Å²) in [7, 11) is 2.01. The number of nitrogens with one attached hydrogen (secondary N) is 1. The monoisotopic (exact) mass is 470 g/mol. The number of hydrogen-bond acceptors (Lipinski definition) is 7. The maximum absolute atomic E-state index is 13.1. The second-order valence-corrected chi connectivity index (χ2v) is 9.49. The highest BCUT2D eigenvalue weighted by molar-refractivity contribution is 5.79. The Morgan fingerprint density at radius 3 is 2.79 bits per heavy atom. The first-order valence-corrected chi connectivity index (χ1v) is 12.4. The molecule has 2 aliphatic heterocycles. The largest absolute Gasteiger partial charge is 0.492 e. The van der Waals surface area contributed by atoms with Crippen LogP contribution in [0, 0.1) is 18.8 Å². The van der Waals surface area contributed by atoms with E-state index >= 15 is 0 Å². The minimum atomic E-state index is -0.0536. The van der Waals surface area contributed by atoms with Gasteiger partial charge in [-0.2, -0.15) is 0 Å². The number of amides is 1. The van der Waals surface area contributed by atoms with E-state index in [4.69, 9.17) is 9.47 Å². The predicted molar refractivity (Wildman–Crippen MR) is 129 cm³/mol. The fourth-order valence-electron chi connectivity index (χ4n) is 4.73. The van der Waals surface area contributed by atoms with Gasteiger partial charge in [0.1, 0.15) is 11.6 Å². The molecule has 1 N–H and O–H groups in total. The van der Waals surface area contributed by atoms with Crippen molar-refractivity contribution >= 4 is 5.91 Å². The maximum atomic E-state index is 13.1. The third-order valence-corrected chi connectivity index (χ3v) is 6.69. The zero-order chi connectivity index (χ0) is 23.8. The Balaban J connectivity index is 1.30. The number of rotatable bonds is 10. The van der Waals surface area contributed by atoms with Crippen LogP contribution in [0.5, 0.6) is 5.75 Å². The predicted octanol–water partition coefficient (Wildman–Crippen LogP) is 1.48. The van der Waals surface area contributed by atoms with Crippen LogP contribution in [0.3, 0.4) is 0 Å². The van der Waals surface area contributed by atoms with E-state index in [1.807, 2.05) is 43.1 Å². The molecule has 9 nitrogen and oxygen atoms in total. The number of carbonyl (C=O) groups is 1. The Morgan fingerprint density at radius 2 is 2.06 bits per heavy atom. The molecule has 4 heterocycles. The van der Waals surface area contributed by atoms with Gasteiger partial charge in [0.2, 0.25) is 5.91 Å². The van der Waals surface area contributed by atoms with Gasteiger partial charge < -0.3 is 19.4 Å². The number of aryl methyl sites for hydroxylation is 2. The second kappa shape index (κ2) is 12.3. The lowest BCUT2D eigenvalue weighted by atomic mass is 9.89. The molecule has 2 aromatic heterocycles. The number of pyridine rings is 1. The van der Waals surface area contributed by atoms with E-state index < -0.39 is 0 Å². The molecule has 2 fully saturated rings.